The number of hydrogen-bond donors (Lipinski definition) is 0. The molecule has 1 heterocycles. The molecular formula is C22H27ClFN3OS. The van der Waals surface area contributed by atoms with Crippen LogP contribution in [-0.4, -0.2) is 42.0 Å². The molecule has 0 bridgehead atoms. The van der Waals surface area contributed by atoms with Crippen LogP contribution < -0.4 is 4.90 Å². The van der Waals surface area contributed by atoms with Crippen molar-refractivity contribution in [3.05, 3.63) is 58.9 Å². The third-order valence-corrected chi connectivity index (χ3v) is 6.00. The number of anilines is 1. The molecular weight excluding hydrogens is 409 g/mol. The van der Waals surface area contributed by atoms with Crippen LogP contribution in [-0.2, 0) is 0 Å². The van der Waals surface area contributed by atoms with E-state index in [1.165, 1.54) is 23.5 Å². The maximum Gasteiger partial charge on any atom is 0.260 e. The van der Waals surface area contributed by atoms with Gasteiger partial charge in [-0.05, 0) is 56.8 Å². The summed E-state index contributed by atoms with van der Waals surface area (Å²) in [5, 5.41) is 0.609. The van der Waals surface area contributed by atoms with E-state index < -0.39 is 0 Å². The Morgan fingerprint density at radius 2 is 1.79 bits per heavy atom. The predicted octanol–water partition coefficient (Wildman–Crippen LogP) is 5.46. The number of nitrogens with zero attached hydrogens (tertiary/aromatic N) is 3. The Labute approximate surface area is 181 Å². The molecule has 2 aromatic carbocycles. The third kappa shape index (κ3) is 5.32. The van der Waals surface area contributed by atoms with Crippen LogP contribution >= 0.6 is 23.7 Å². The third-order valence-electron chi connectivity index (χ3n) is 4.96. The van der Waals surface area contributed by atoms with Gasteiger partial charge in [-0.25, -0.2) is 9.37 Å². The first-order chi connectivity index (χ1) is 13.4. The maximum absolute atomic E-state index is 13.6. The van der Waals surface area contributed by atoms with E-state index in [0.29, 0.717) is 22.8 Å². The minimum Gasteiger partial charge on any atom is -0.302 e. The SMILES string of the molecule is CCN(CC)CCN(C(=O)c1ccc(C)cc1C)c1nc2ccc(F)cc2s1.Cl. The number of aryl methyl sites for hydroxylation is 2. The molecule has 1 amide bonds. The summed E-state index contributed by atoms with van der Waals surface area (Å²) in [6.45, 7) is 11.3. The summed E-state index contributed by atoms with van der Waals surface area (Å²) < 4.78 is 14.3. The minimum absolute atomic E-state index is 0. The highest BCUT2D eigenvalue weighted by Crippen LogP contribution is 2.30. The molecule has 0 aliphatic carbocycles. The molecule has 29 heavy (non-hydrogen) atoms. The summed E-state index contributed by atoms with van der Waals surface area (Å²) in [5.74, 6) is -0.359. The fourth-order valence-corrected chi connectivity index (χ4v) is 4.28. The van der Waals surface area contributed by atoms with Gasteiger partial charge >= 0.3 is 0 Å². The van der Waals surface area contributed by atoms with Gasteiger partial charge in [0.15, 0.2) is 5.13 Å². The van der Waals surface area contributed by atoms with Crippen molar-refractivity contribution in [2.24, 2.45) is 0 Å². The summed E-state index contributed by atoms with van der Waals surface area (Å²) in [7, 11) is 0. The first kappa shape index (κ1) is 23.3. The highest BCUT2D eigenvalue weighted by Gasteiger charge is 2.23. The Balaban J connectivity index is 0.00000300. The average Bonchev–Trinajstić information content (AvgIpc) is 3.07. The van der Waals surface area contributed by atoms with Gasteiger partial charge in [0.1, 0.15) is 5.82 Å². The highest BCUT2D eigenvalue weighted by atomic mass is 35.5. The smallest absolute Gasteiger partial charge is 0.260 e. The summed E-state index contributed by atoms with van der Waals surface area (Å²) in [5.41, 5.74) is 3.46. The van der Waals surface area contributed by atoms with E-state index >= 15 is 0 Å². The second-order valence-corrected chi connectivity index (χ2v) is 7.92. The molecule has 0 saturated carbocycles. The monoisotopic (exact) mass is 435 g/mol. The topological polar surface area (TPSA) is 36.4 Å². The van der Waals surface area contributed by atoms with Gasteiger partial charge in [0.2, 0.25) is 0 Å². The molecule has 3 aromatic rings. The van der Waals surface area contributed by atoms with Crippen molar-refractivity contribution in [1.82, 2.24) is 9.88 Å². The van der Waals surface area contributed by atoms with Gasteiger partial charge in [0, 0.05) is 18.7 Å². The molecule has 0 fully saturated rings. The van der Waals surface area contributed by atoms with Crippen molar-refractivity contribution >= 4 is 45.0 Å². The maximum atomic E-state index is 13.6. The average molecular weight is 436 g/mol. The van der Waals surface area contributed by atoms with Crippen LogP contribution in [0, 0.1) is 19.7 Å². The summed E-state index contributed by atoms with van der Waals surface area (Å²) in [4.78, 5) is 22.0. The van der Waals surface area contributed by atoms with Crippen LogP contribution in [0.3, 0.4) is 0 Å². The lowest BCUT2D eigenvalue weighted by atomic mass is 10.0. The zero-order valence-electron chi connectivity index (χ0n) is 17.2. The number of likely N-dealkylation sites (N-methyl/N-ethyl adjacent to an activating group) is 1. The molecule has 0 aliphatic heterocycles. The molecule has 0 unspecified atom stereocenters. The van der Waals surface area contributed by atoms with Crippen LogP contribution in [0.1, 0.15) is 35.3 Å². The van der Waals surface area contributed by atoms with Crippen LogP contribution in [0.15, 0.2) is 36.4 Å². The molecule has 156 valence electrons. The van der Waals surface area contributed by atoms with Crippen LogP contribution in [0.4, 0.5) is 9.52 Å². The number of carbonyl (C=O) groups is 1. The Bertz CT molecular complexity index is 987. The van der Waals surface area contributed by atoms with E-state index in [4.69, 9.17) is 0 Å². The van der Waals surface area contributed by atoms with Crippen molar-refractivity contribution in [2.75, 3.05) is 31.1 Å². The second-order valence-electron chi connectivity index (χ2n) is 6.91. The Hall–Kier alpha value is -2.02. The fourth-order valence-electron chi connectivity index (χ4n) is 3.27. The van der Waals surface area contributed by atoms with Crippen LogP contribution in [0.5, 0.6) is 0 Å². The van der Waals surface area contributed by atoms with E-state index in [2.05, 4.69) is 23.7 Å². The molecule has 0 aliphatic rings. The molecule has 0 radical (unpaired) electrons. The number of carbonyl (C=O) groups excluding carboxylic acids is 1. The van der Waals surface area contributed by atoms with E-state index in [1.54, 1.807) is 11.0 Å². The first-order valence-electron chi connectivity index (χ1n) is 9.60. The van der Waals surface area contributed by atoms with Crippen LogP contribution in [0.25, 0.3) is 10.2 Å². The lowest BCUT2D eigenvalue weighted by Gasteiger charge is -2.25. The number of rotatable bonds is 7. The van der Waals surface area contributed by atoms with Crippen LogP contribution in [0.2, 0.25) is 0 Å². The second kappa shape index (κ2) is 10.1. The zero-order valence-corrected chi connectivity index (χ0v) is 18.9. The van der Waals surface area contributed by atoms with Gasteiger partial charge in [-0.3, -0.25) is 9.69 Å². The number of hydrogen-bond acceptors (Lipinski definition) is 4. The van der Waals surface area contributed by atoms with Gasteiger partial charge < -0.3 is 4.90 Å². The quantitative estimate of drug-likeness (QED) is 0.494. The molecule has 3 rings (SSSR count). The first-order valence-corrected chi connectivity index (χ1v) is 10.4. The standard InChI is InChI=1S/C22H26FN3OS.ClH/c1-5-25(6-2)11-12-26(21(27)18-9-7-15(3)13-16(18)4)22-24-19-10-8-17(23)14-20(19)28-22;/h7-10,13-14H,5-6,11-12H2,1-4H3;1H. The molecule has 0 spiro atoms. The van der Waals surface area contributed by atoms with Crippen molar-refractivity contribution in [3.8, 4) is 0 Å². The van der Waals surface area contributed by atoms with E-state index in [1.807, 2.05) is 32.0 Å². The Morgan fingerprint density at radius 3 is 2.45 bits per heavy atom. The number of aromatic nitrogens is 1. The molecule has 0 atom stereocenters. The summed E-state index contributed by atoms with van der Waals surface area (Å²) in [6.07, 6.45) is 0. The number of thiazole rings is 1. The number of benzene rings is 2. The number of fused-ring (bicyclic) bond motifs is 1. The van der Waals surface area contributed by atoms with Gasteiger partial charge in [-0.2, -0.15) is 0 Å². The summed E-state index contributed by atoms with van der Waals surface area (Å²) >= 11 is 1.35. The van der Waals surface area contributed by atoms with Gasteiger partial charge in [-0.1, -0.05) is 42.9 Å². The normalized spacial score (nSPS) is 11.0. The molecule has 0 saturated heterocycles. The largest absolute Gasteiger partial charge is 0.302 e. The number of amides is 1. The molecule has 0 N–H and O–H groups in total. The minimum atomic E-state index is -0.293. The van der Waals surface area contributed by atoms with Gasteiger partial charge in [0.05, 0.1) is 10.2 Å². The van der Waals surface area contributed by atoms with Crippen molar-refractivity contribution < 1.29 is 9.18 Å². The molecule has 7 heteroatoms. The summed E-state index contributed by atoms with van der Waals surface area (Å²) in [6, 6.07) is 10.4. The highest BCUT2D eigenvalue weighted by molar-refractivity contribution is 7.22. The van der Waals surface area contributed by atoms with Crippen molar-refractivity contribution in [2.45, 2.75) is 27.7 Å². The molecule has 1 aromatic heterocycles. The van der Waals surface area contributed by atoms with Crippen molar-refractivity contribution in [1.29, 1.82) is 0 Å². The lowest BCUT2D eigenvalue weighted by molar-refractivity contribution is 0.0983. The Morgan fingerprint density at radius 1 is 1.07 bits per heavy atom. The van der Waals surface area contributed by atoms with E-state index in [-0.39, 0.29) is 24.1 Å². The van der Waals surface area contributed by atoms with Crippen molar-refractivity contribution in [3.63, 3.8) is 0 Å². The van der Waals surface area contributed by atoms with Gasteiger partial charge in [0.25, 0.3) is 5.91 Å². The lowest BCUT2D eigenvalue weighted by Crippen LogP contribution is -2.39. The molecule has 4 nitrogen and oxygen atoms in total. The predicted molar refractivity (Wildman–Crippen MR) is 122 cm³/mol. The zero-order chi connectivity index (χ0) is 20.3. The van der Waals surface area contributed by atoms with E-state index in [0.717, 1.165) is 35.5 Å². The van der Waals surface area contributed by atoms with Gasteiger partial charge in [-0.15, -0.1) is 12.4 Å². The fraction of sp³-hybridized carbons (Fsp3) is 0.364. The Kier molecular flexibility index (Phi) is 8.14. The number of halogens is 2. The van der Waals surface area contributed by atoms with E-state index in [9.17, 15) is 9.18 Å².